The van der Waals surface area contributed by atoms with Crippen LogP contribution < -0.4 is 4.80 Å². The summed E-state index contributed by atoms with van der Waals surface area (Å²) in [4.78, 5) is 11.2. The molecule has 3 atom stereocenters. The maximum absolute atomic E-state index is 9.34. The number of aliphatic imine (C=N–C) groups is 1. The number of hydrogen-bond acceptors (Lipinski definition) is 5. The van der Waals surface area contributed by atoms with Crippen LogP contribution in [0, 0.1) is 30.2 Å². The van der Waals surface area contributed by atoms with Crippen molar-refractivity contribution in [2.75, 3.05) is 6.61 Å². The largest absolute Gasteiger partial charge is 0.376 e. The molecule has 0 radical (unpaired) electrons. The molecule has 0 amide bonds. The summed E-state index contributed by atoms with van der Waals surface area (Å²) in [5.74, 6) is 1.98. The number of ether oxygens (including phenoxy) is 2. The third-order valence-electron chi connectivity index (χ3n) is 6.51. The van der Waals surface area contributed by atoms with E-state index in [2.05, 4.69) is 22.7 Å². The van der Waals surface area contributed by atoms with Crippen molar-refractivity contribution in [1.82, 2.24) is 4.57 Å². The second-order valence-corrected chi connectivity index (χ2v) is 9.85. The topological polar surface area (TPSA) is 71.9 Å². The lowest BCUT2D eigenvalue weighted by atomic mass is 9.62. The van der Waals surface area contributed by atoms with Crippen LogP contribution in [0.15, 0.2) is 16.2 Å². The van der Waals surface area contributed by atoms with E-state index < -0.39 is 5.60 Å². The molecule has 4 bridgehead atoms. The highest BCUT2D eigenvalue weighted by Gasteiger charge is 2.55. The zero-order valence-corrected chi connectivity index (χ0v) is 16.6. The molecule has 0 aromatic carbocycles. The molecule has 6 rings (SSSR count). The molecule has 144 valence electrons. The van der Waals surface area contributed by atoms with Crippen molar-refractivity contribution in [2.45, 2.75) is 76.2 Å². The molecule has 6 nitrogen and oxygen atoms in total. The molecule has 0 spiro atoms. The summed E-state index contributed by atoms with van der Waals surface area (Å²) >= 11 is 1.65. The molecule has 7 heteroatoms. The minimum Gasteiger partial charge on any atom is -0.376 e. The number of amidine groups is 1. The highest BCUT2D eigenvalue weighted by molar-refractivity contribution is 7.09. The van der Waals surface area contributed by atoms with E-state index in [-0.39, 0.29) is 6.10 Å². The normalized spacial score (nSPS) is 38.5. The third kappa shape index (κ3) is 3.28. The molecule has 2 saturated carbocycles. The van der Waals surface area contributed by atoms with Gasteiger partial charge in [0.2, 0.25) is 6.19 Å². The molecule has 1 aromatic heterocycles. The van der Waals surface area contributed by atoms with Gasteiger partial charge in [0, 0.05) is 17.7 Å². The molecular weight excluding hydrogens is 360 g/mol. The Kier molecular flexibility index (Phi) is 4.46. The van der Waals surface area contributed by atoms with Crippen LogP contribution in [0.2, 0.25) is 0 Å². The van der Waals surface area contributed by atoms with Gasteiger partial charge in [-0.15, -0.1) is 11.3 Å². The molecule has 3 saturated heterocycles. The second kappa shape index (κ2) is 6.84. The van der Waals surface area contributed by atoms with Crippen LogP contribution in [0.3, 0.4) is 0 Å². The minimum atomic E-state index is -0.454. The first-order chi connectivity index (χ1) is 13.1. The van der Waals surface area contributed by atoms with Crippen molar-refractivity contribution in [3.05, 3.63) is 15.9 Å². The van der Waals surface area contributed by atoms with Gasteiger partial charge in [0.05, 0.1) is 18.8 Å². The summed E-state index contributed by atoms with van der Waals surface area (Å²) in [6.07, 6.45) is 12.5. The Morgan fingerprint density at radius 2 is 2.19 bits per heavy atom. The SMILES string of the molecule is Cc1cn(C[C@H]2CCCO2)c(=NC(=NC#N)C23CC4CC(CC(C4)O2)C3)s1. The van der Waals surface area contributed by atoms with E-state index in [0.717, 1.165) is 56.5 Å². The average molecular weight is 387 g/mol. The van der Waals surface area contributed by atoms with E-state index in [1.165, 1.54) is 11.3 Å². The fraction of sp³-hybridized carbons (Fsp3) is 0.750. The highest BCUT2D eigenvalue weighted by Crippen LogP contribution is 2.53. The van der Waals surface area contributed by atoms with E-state index in [9.17, 15) is 5.26 Å². The zero-order chi connectivity index (χ0) is 18.4. The Labute approximate surface area is 163 Å². The summed E-state index contributed by atoms with van der Waals surface area (Å²) in [6, 6.07) is 0. The third-order valence-corrected chi connectivity index (χ3v) is 7.45. The Morgan fingerprint density at radius 3 is 2.85 bits per heavy atom. The lowest BCUT2D eigenvalue weighted by molar-refractivity contribution is -0.186. The predicted molar refractivity (Wildman–Crippen MR) is 102 cm³/mol. The van der Waals surface area contributed by atoms with Crippen molar-refractivity contribution >= 4 is 17.2 Å². The van der Waals surface area contributed by atoms with Crippen molar-refractivity contribution in [1.29, 1.82) is 5.26 Å². The number of rotatable bonds is 3. The summed E-state index contributed by atoms with van der Waals surface area (Å²) < 4.78 is 14.5. The van der Waals surface area contributed by atoms with Crippen molar-refractivity contribution in [2.24, 2.45) is 21.8 Å². The van der Waals surface area contributed by atoms with Gasteiger partial charge in [0.15, 0.2) is 10.6 Å². The van der Waals surface area contributed by atoms with Crippen molar-refractivity contribution in [3.63, 3.8) is 0 Å². The van der Waals surface area contributed by atoms with Crippen LogP contribution in [-0.2, 0) is 16.0 Å². The smallest absolute Gasteiger partial charge is 0.207 e. The molecule has 27 heavy (non-hydrogen) atoms. The highest BCUT2D eigenvalue weighted by atomic mass is 32.1. The van der Waals surface area contributed by atoms with Crippen molar-refractivity contribution in [3.8, 4) is 6.19 Å². The predicted octanol–water partition coefficient (Wildman–Crippen LogP) is 3.17. The van der Waals surface area contributed by atoms with Gasteiger partial charge in [-0.05, 0) is 63.7 Å². The fourth-order valence-electron chi connectivity index (χ4n) is 5.70. The monoisotopic (exact) mass is 386 g/mol. The maximum atomic E-state index is 9.34. The molecule has 1 aromatic rings. The van der Waals surface area contributed by atoms with Crippen molar-refractivity contribution < 1.29 is 9.47 Å². The molecule has 2 aliphatic carbocycles. The van der Waals surface area contributed by atoms with Gasteiger partial charge in [-0.1, -0.05) is 0 Å². The number of aryl methyl sites for hydroxylation is 1. The Bertz CT molecular complexity index is 821. The van der Waals surface area contributed by atoms with E-state index in [0.29, 0.717) is 23.8 Å². The molecular formula is C20H26N4O2S. The Balaban J connectivity index is 1.50. The molecule has 5 fully saturated rings. The summed E-state index contributed by atoms with van der Waals surface area (Å²) in [5, 5.41) is 9.34. The van der Waals surface area contributed by atoms with E-state index >= 15 is 0 Å². The molecule has 2 unspecified atom stereocenters. The minimum absolute atomic E-state index is 0.255. The number of thiazole rings is 1. The van der Waals surface area contributed by atoms with Gasteiger partial charge < -0.3 is 14.0 Å². The van der Waals surface area contributed by atoms with Gasteiger partial charge in [-0.25, -0.2) is 4.99 Å². The molecule has 0 N–H and O–H groups in total. The first kappa shape index (κ1) is 17.6. The van der Waals surface area contributed by atoms with Gasteiger partial charge in [-0.2, -0.15) is 10.3 Å². The first-order valence-corrected chi connectivity index (χ1v) is 10.9. The van der Waals surface area contributed by atoms with Crippen LogP contribution in [0.4, 0.5) is 0 Å². The Hall–Kier alpha value is -1.49. The fourth-order valence-corrected chi connectivity index (χ4v) is 6.54. The van der Waals surface area contributed by atoms with Gasteiger partial charge in [0.25, 0.3) is 0 Å². The van der Waals surface area contributed by atoms with E-state index in [4.69, 9.17) is 14.5 Å². The summed E-state index contributed by atoms with van der Waals surface area (Å²) in [7, 11) is 0. The number of nitriles is 1. The van der Waals surface area contributed by atoms with Crippen LogP contribution >= 0.6 is 11.3 Å². The van der Waals surface area contributed by atoms with Gasteiger partial charge in [0.1, 0.15) is 5.60 Å². The summed E-state index contributed by atoms with van der Waals surface area (Å²) in [5.41, 5.74) is -0.454. The first-order valence-electron chi connectivity index (χ1n) is 10.1. The standard InChI is InChI=1S/C20H26N4O2S/c1-13-10-24(11-16-3-2-4-25-16)19(27-13)23-18(22-12-21)20-8-14-5-15(9-20)7-17(6-14)26-20/h10,14-17H,2-9,11H2,1H3/t14?,15?,16-,17?,20?/m1/s1. The number of hydrogen-bond donors (Lipinski definition) is 0. The second-order valence-electron chi connectivity index (χ2n) is 8.64. The molecule has 3 aliphatic heterocycles. The van der Waals surface area contributed by atoms with Crippen LogP contribution in [-0.4, -0.2) is 34.8 Å². The molecule has 5 aliphatic rings. The van der Waals surface area contributed by atoms with Gasteiger partial charge in [-0.3, -0.25) is 0 Å². The van der Waals surface area contributed by atoms with E-state index in [1.54, 1.807) is 11.3 Å². The quantitative estimate of drug-likeness (QED) is 0.455. The number of aromatic nitrogens is 1. The maximum Gasteiger partial charge on any atom is 0.207 e. The van der Waals surface area contributed by atoms with Crippen LogP contribution in [0.1, 0.15) is 49.8 Å². The van der Waals surface area contributed by atoms with E-state index in [1.807, 2.05) is 6.19 Å². The summed E-state index contributed by atoms with van der Waals surface area (Å²) in [6.45, 7) is 3.76. The number of nitrogens with zero attached hydrogens (tertiary/aromatic N) is 4. The van der Waals surface area contributed by atoms with Gasteiger partial charge >= 0.3 is 0 Å². The lowest BCUT2D eigenvalue weighted by Crippen LogP contribution is -2.58. The lowest BCUT2D eigenvalue weighted by Gasteiger charge is -2.55. The Morgan fingerprint density at radius 1 is 1.37 bits per heavy atom. The van der Waals surface area contributed by atoms with Crippen LogP contribution in [0.5, 0.6) is 0 Å². The molecule has 4 heterocycles. The van der Waals surface area contributed by atoms with Crippen LogP contribution in [0.25, 0.3) is 0 Å². The zero-order valence-electron chi connectivity index (χ0n) is 15.8. The average Bonchev–Trinajstić information content (AvgIpc) is 3.23.